The van der Waals surface area contributed by atoms with Crippen LogP contribution in [0.3, 0.4) is 0 Å². The molecule has 1 aromatic carbocycles. The summed E-state index contributed by atoms with van der Waals surface area (Å²) >= 11 is 1.77. The van der Waals surface area contributed by atoms with Crippen LogP contribution in [0.1, 0.15) is 29.5 Å². The maximum absolute atomic E-state index is 5.93. The van der Waals surface area contributed by atoms with Gasteiger partial charge in [-0.15, -0.1) is 0 Å². The van der Waals surface area contributed by atoms with Crippen LogP contribution in [-0.4, -0.2) is 6.04 Å². The third-order valence-electron chi connectivity index (χ3n) is 3.75. The van der Waals surface area contributed by atoms with E-state index in [0.29, 0.717) is 12.6 Å². The summed E-state index contributed by atoms with van der Waals surface area (Å²) in [6, 6.07) is 9.38. The van der Waals surface area contributed by atoms with Gasteiger partial charge in [0.05, 0.1) is 0 Å². The molecule has 0 aliphatic heterocycles. The summed E-state index contributed by atoms with van der Waals surface area (Å²) in [4.78, 5) is 2.56. The highest BCUT2D eigenvalue weighted by Crippen LogP contribution is 2.37. The molecule has 3 rings (SSSR count). The minimum atomic E-state index is 0.615. The molecule has 0 atom stereocenters. The van der Waals surface area contributed by atoms with Gasteiger partial charge >= 0.3 is 0 Å². The summed E-state index contributed by atoms with van der Waals surface area (Å²) in [5.74, 6) is 0. The first kappa shape index (κ1) is 12.7. The van der Waals surface area contributed by atoms with Gasteiger partial charge in [-0.05, 0) is 53.3 Å². The molecular formula is C16H20N2S. The van der Waals surface area contributed by atoms with Gasteiger partial charge in [0.1, 0.15) is 0 Å². The molecule has 19 heavy (non-hydrogen) atoms. The van der Waals surface area contributed by atoms with Crippen molar-refractivity contribution in [2.45, 2.75) is 38.9 Å². The minimum Gasteiger partial charge on any atom is -0.364 e. The molecule has 0 radical (unpaired) electrons. The Kier molecular flexibility index (Phi) is 3.58. The van der Waals surface area contributed by atoms with E-state index in [4.69, 9.17) is 5.73 Å². The second-order valence-corrected chi connectivity index (χ2v) is 6.06. The van der Waals surface area contributed by atoms with Gasteiger partial charge in [-0.3, -0.25) is 0 Å². The monoisotopic (exact) mass is 272 g/mol. The number of aryl methyl sites for hydroxylation is 1. The first-order valence-electron chi connectivity index (χ1n) is 6.86. The van der Waals surface area contributed by atoms with Crippen LogP contribution in [-0.2, 0) is 13.1 Å². The van der Waals surface area contributed by atoms with Crippen LogP contribution >= 0.6 is 11.3 Å². The molecule has 1 heterocycles. The largest absolute Gasteiger partial charge is 0.364 e. The van der Waals surface area contributed by atoms with Crippen LogP contribution in [0.4, 0.5) is 5.69 Å². The lowest BCUT2D eigenvalue weighted by molar-refractivity contribution is 0.784. The molecule has 2 N–H and O–H groups in total. The summed E-state index contributed by atoms with van der Waals surface area (Å²) in [6.45, 7) is 3.81. The van der Waals surface area contributed by atoms with Crippen molar-refractivity contribution >= 4 is 17.0 Å². The highest BCUT2D eigenvalue weighted by atomic mass is 32.1. The van der Waals surface area contributed by atoms with E-state index >= 15 is 0 Å². The van der Waals surface area contributed by atoms with E-state index in [2.05, 4.69) is 46.8 Å². The zero-order valence-electron chi connectivity index (χ0n) is 11.3. The summed E-state index contributed by atoms with van der Waals surface area (Å²) in [5, 5.41) is 4.40. The quantitative estimate of drug-likeness (QED) is 0.899. The number of para-hydroxylation sites is 1. The molecule has 0 spiro atoms. The summed E-state index contributed by atoms with van der Waals surface area (Å²) in [6.07, 6.45) is 2.62. The van der Waals surface area contributed by atoms with Gasteiger partial charge < -0.3 is 10.6 Å². The molecule has 1 aromatic heterocycles. The molecule has 3 heteroatoms. The van der Waals surface area contributed by atoms with E-state index < -0.39 is 0 Å². The van der Waals surface area contributed by atoms with E-state index in [0.717, 1.165) is 6.54 Å². The third-order valence-corrected chi connectivity index (χ3v) is 4.48. The number of rotatable bonds is 5. The predicted molar refractivity (Wildman–Crippen MR) is 82.6 cm³/mol. The van der Waals surface area contributed by atoms with Gasteiger partial charge in [0.25, 0.3) is 0 Å². The van der Waals surface area contributed by atoms with E-state index in [1.165, 1.54) is 35.2 Å². The van der Waals surface area contributed by atoms with Crippen molar-refractivity contribution in [1.82, 2.24) is 0 Å². The molecule has 2 aromatic rings. The molecule has 0 unspecified atom stereocenters. The average Bonchev–Trinajstić information content (AvgIpc) is 3.14. The van der Waals surface area contributed by atoms with Crippen molar-refractivity contribution in [3.8, 4) is 0 Å². The van der Waals surface area contributed by atoms with Crippen molar-refractivity contribution in [1.29, 1.82) is 0 Å². The summed E-state index contributed by atoms with van der Waals surface area (Å²) in [5.41, 5.74) is 11.3. The number of nitrogens with zero attached hydrogens (tertiary/aromatic N) is 1. The van der Waals surface area contributed by atoms with Crippen molar-refractivity contribution < 1.29 is 0 Å². The van der Waals surface area contributed by atoms with Gasteiger partial charge in [-0.1, -0.05) is 18.2 Å². The minimum absolute atomic E-state index is 0.615. The zero-order chi connectivity index (χ0) is 13.2. The van der Waals surface area contributed by atoms with Crippen LogP contribution in [0.15, 0.2) is 35.0 Å². The van der Waals surface area contributed by atoms with Crippen LogP contribution in [0.5, 0.6) is 0 Å². The van der Waals surface area contributed by atoms with Gasteiger partial charge in [-0.2, -0.15) is 11.3 Å². The topological polar surface area (TPSA) is 29.3 Å². The average molecular weight is 272 g/mol. The second-order valence-electron chi connectivity index (χ2n) is 5.28. The number of thiophene rings is 1. The smallest absolute Gasteiger partial charge is 0.0447 e. The van der Waals surface area contributed by atoms with Crippen molar-refractivity contribution in [3.63, 3.8) is 0 Å². The molecule has 1 aliphatic carbocycles. The zero-order valence-corrected chi connectivity index (χ0v) is 12.1. The Bertz CT molecular complexity index is 544. The van der Waals surface area contributed by atoms with Gasteiger partial charge in [0, 0.05) is 24.8 Å². The van der Waals surface area contributed by atoms with Gasteiger partial charge in [-0.25, -0.2) is 0 Å². The van der Waals surface area contributed by atoms with E-state index in [1.54, 1.807) is 11.3 Å². The third kappa shape index (κ3) is 2.67. The van der Waals surface area contributed by atoms with E-state index in [1.807, 2.05) is 0 Å². The van der Waals surface area contributed by atoms with Gasteiger partial charge in [0.15, 0.2) is 0 Å². The number of hydrogen-bond donors (Lipinski definition) is 1. The van der Waals surface area contributed by atoms with E-state index in [-0.39, 0.29) is 0 Å². The number of hydrogen-bond acceptors (Lipinski definition) is 3. The fourth-order valence-corrected chi connectivity index (χ4v) is 3.31. The lowest BCUT2D eigenvalue weighted by atomic mass is 10.1. The molecule has 100 valence electrons. The molecule has 0 saturated heterocycles. The molecule has 1 saturated carbocycles. The van der Waals surface area contributed by atoms with Crippen LogP contribution in [0, 0.1) is 6.92 Å². The molecular weight excluding hydrogens is 252 g/mol. The Hall–Kier alpha value is -1.32. The fourth-order valence-electron chi connectivity index (χ4n) is 2.65. The molecule has 0 amide bonds. The Balaban J connectivity index is 1.96. The standard InChI is InChI=1S/C16H20N2S/c1-12-3-2-4-14(9-17)16(12)18(15-5-6-15)10-13-7-8-19-11-13/h2-4,7-8,11,15H,5-6,9-10,17H2,1H3. The normalized spacial score (nSPS) is 14.6. The fraction of sp³-hybridized carbons (Fsp3) is 0.375. The van der Waals surface area contributed by atoms with Crippen LogP contribution in [0.25, 0.3) is 0 Å². The van der Waals surface area contributed by atoms with E-state index in [9.17, 15) is 0 Å². The second kappa shape index (κ2) is 5.35. The SMILES string of the molecule is Cc1cccc(CN)c1N(Cc1ccsc1)C1CC1. The first-order valence-corrected chi connectivity index (χ1v) is 7.80. The summed E-state index contributed by atoms with van der Waals surface area (Å²) in [7, 11) is 0. The maximum atomic E-state index is 5.93. The summed E-state index contributed by atoms with van der Waals surface area (Å²) < 4.78 is 0. The van der Waals surface area contributed by atoms with Crippen LogP contribution in [0.2, 0.25) is 0 Å². The molecule has 1 fully saturated rings. The predicted octanol–water partition coefficient (Wildman–Crippen LogP) is 3.68. The van der Waals surface area contributed by atoms with Crippen molar-refractivity contribution in [3.05, 3.63) is 51.7 Å². The lowest BCUT2D eigenvalue weighted by Crippen LogP contribution is -2.27. The highest BCUT2D eigenvalue weighted by molar-refractivity contribution is 7.07. The Morgan fingerprint density at radius 3 is 2.79 bits per heavy atom. The Morgan fingerprint density at radius 1 is 1.32 bits per heavy atom. The van der Waals surface area contributed by atoms with Crippen LogP contribution < -0.4 is 10.6 Å². The lowest BCUT2D eigenvalue weighted by Gasteiger charge is -2.28. The Morgan fingerprint density at radius 2 is 2.16 bits per heavy atom. The van der Waals surface area contributed by atoms with Gasteiger partial charge in [0.2, 0.25) is 0 Å². The molecule has 1 aliphatic rings. The number of benzene rings is 1. The Labute approximate surface area is 118 Å². The molecule has 2 nitrogen and oxygen atoms in total. The first-order chi connectivity index (χ1) is 9.29. The van der Waals surface area contributed by atoms with Crippen molar-refractivity contribution in [2.24, 2.45) is 5.73 Å². The molecule has 0 bridgehead atoms. The highest BCUT2D eigenvalue weighted by Gasteiger charge is 2.31. The number of anilines is 1. The maximum Gasteiger partial charge on any atom is 0.0447 e. The van der Waals surface area contributed by atoms with Crippen molar-refractivity contribution in [2.75, 3.05) is 4.90 Å². The number of nitrogens with two attached hydrogens (primary N) is 1.